The molecule has 20 heavy (non-hydrogen) atoms. The van der Waals surface area contributed by atoms with Crippen LogP contribution in [-0.2, 0) is 4.74 Å². The highest BCUT2D eigenvalue weighted by Crippen LogP contribution is 2.27. The maximum absolute atomic E-state index is 5.81. The predicted octanol–water partition coefficient (Wildman–Crippen LogP) is 3.78. The Morgan fingerprint density at radius 1 is 1.15 bits per heavy atom. The molecule has 0 bridgehead atoms. The second-order valence-electron chi connectivity index (χ2n) is 5.57. The summed E-state index contributed by atoms with van der Waals surface area (Å²) in [5.74, 6) is 0.949. The molecule has 0 heterocycles. The smallest absolute Gasteiger partial charge is 0.122 e. The van der Waals surface area contributed by atoms with Crippen LogP contribution in [0.15, 0.2) is 12.1 Å². The summed E-state index contributed by atoms with van der Waals surface area (Å²) in [5, 5.41) is 3.58. The third-order valence-electron chi connectivity index (χ3n) is 3.40. The van der Waals surface area contributed by atoms with Gasteiger partial charge in [0.15, 0.2) is 0 Å². The first kappa shape index (κ1) is 17.0. The van der Waals surface area contributed by atoms with Crippen LogP contribution in [0.2, 0.25) is 0 Å². The highest BCUT2D eigenvalue weighted by Gasteiger charge is 2.16. The average Bonchev–Trinajstić information content (AvgIpc) is 2.41. The first-order chi connectivity index (χ1) is 9.49. The molecule has 0 fully saturated rings. The minimum absolute atomic E-state index is 0.238. The Morgan fingerprint density at radius 3 is 2.40 bits per heavy atom. The maximum atomic E-state index is 5.81. The van der Waals surface area contributed by atoms with Crippen molar-refractivity contribution < 1.29 is 9.47 Å². The van der Waals surface area contributed by atoms with E-state index in [1.807, 2.05) is 0 Å². The minimum Gasteiger partial charge on any atom is -0.496 e. The molecule has 0 saturated heterocycles. The zero-order chi connectivity index (χ0) is 15.1. The standard InChI is InChI=1S/C17H29NO2/c1-7-8-18-16(11-20-12(2)3)15-9-14(5)17(19-6)10-13(15)4/h9-10,12,16,18H,7-8,11H2,1-6H3. The van der Waals surface area contributed by atoms with Crippen molar-refractivity contribution in [2.24, 2.45) is 0 Å². The van der Waals surface area contributed by atoms with E-state index in [9.17, 15) is 0 Å². The molecule has 0 amide bonds. The van der Waals surface area contributed by atoms with Crippen molar-refractivity contribution in [2.75, 3.05) is 20.3 Å². The second-order valence-corrected chi connectivity index (χ2v) is 5.57. The van der Waals surface area contributed by atoms with Gasteiger partial charge in [0.2, 0.25) is 0 Å². The summed E-state index contributed by atoms with van der Waals surface area (Å²) < 4.78 is 11.2. The Bertz CT molecular complexity index is 416. The lowest BCUT2D eigenvalue weighted by molar-refractivity contribution is 0.0610. The van der Waals surface area contributed by atoms with Crippen LogP contribution < -0.4 is 10.1 Å². The number of ether oxygens (including phenoxy) is 2. The SMILES string of the molecule is CCCNC(COC(C)C)c1cc(C)c(OC)cc1C. The summed E-state index contributed by atoms with van der Waals surface area (Å²) in [6, 6.07) is 4.56. The largest absolute Gasteiger partial charge is 0.496 e. The van der Waals surface area contributed by atoms with Gasteiger partial charge in [-0.15, -0.1) is 0 Å². The summed E-state index contributed by atoms with van der Waals surface area (Å²) in [6.07, 6.45) is 1.37. The van der Waals surface area contributed by atoms with E-state index in [2.05, 4.69) is 52.1 Å². The third-order valence-corrected chi connectivity index (χ3v) is 3.40. The molecule has 3 heteroatoms. The molecule has 1 rings (SSSR count). The lowest BCUT2D eigenvalue weighted by Crippen LogP contribution is -2.28. The lowest BCUT2D eigenvalue weighted by Gasteiger charge is -2.23. The van der Waals surface area contributed by atoms with E-state index in [-0.39, 0.29) is 12.1 Å². The van der Waals surface area contributed by atoms with E-state index in [1.54, 1.807) is 7.11 Å². The van der Waals surface area contributed by atoms with Gasteiger partial charge in [-0.1, -0.05) is 13.0 Å². The minimum atomic E-state index is 0.238. The molecule has 1 unspecified atom stereocenters. The molecule has 114 valence electrons. The Kier molecular flexibility index (Phi) is 7.03. The molecule has 1 atom stereocenters. The van der Waals surface area contributed by atoms with Crippen LogP contribution in [0.3, 0.4) is 0 Å². The van der Waals surface area contributed by atoms with Crippen molar-refractivity contribution in [1.29, 1.82) is 0 Å². The van der Waals surface area contributed by atoms with Gasteiger partial charge in [0, 0.05) is 0 Å². The summed E-state index contributed by atoms with van der Waals surface area (Å²) >= 11 is 0. The van der Waals surface area contributed by atoms with Crippen molar-refractivity contribution in [2.45, 2.75) is 53.2 Å². The third kappa shape index (κ3) is 4.80. The maximum Gasteiger partial charge on any atom is 0.122 e. The van der Waals surface area contributed by atoms with Crippen molar-refractivity contribution >= 4 is 0 Å². The number of hydrogen-bond acceptors (Lipinski definition) is 3. The van der Waals surface area contributed by atoms with E-state index >= 15 is 0 Å². The summed E-state index contributed by atoms with van der Waals surface area (Å²) in [7, 11) is 1.72. The number of rotatable bonds is 8. The first-order valence-electron chi connectivity index (χ1n) is 7.49. The summed E-state index contributed by atoms with van der Waals surface area (Å²) in [4.78, 5) is 0. The highest BCUT2D eigenvalue weighted by atomic mass is 16.5. The number of hydrogen-bond donors (Lipinski definition) is 1. The van der Waals surface area contributed by atoms with Gasteiger partial charge in [-0.25, -0.2) is 0 Å². The van der Waals surface area contributed by atoms with Crippen LogP contribution in [0.25, 0.3) is 0 Å². The Labute approximate surface area is 123 Å². The Balaban J connectivity index is 2.96. The van der Waals surface area contributed by atoms with Gasteiger partial charge in [-0.3, -0.25) is 0 Å². The van der Waals surface area contributed by atoms with E-state index in [1.165, 1.54) is 16.7 Å². The topological polar surface area (TPSA) is 30.5 Å². The van der Waals surface area contributed by atoms with Crippen molar-refractivity contribution in [3.05, 3.63) is 28.8 Å². The molecule has 0 spiro atoms. The van der Waals surface area contributed by atoms with Crippen LogP contribution >= 0.6 is 0 Å². The van der Waals surface area contributed by atoms with Gasteiger partial charge >= 0.3 is 0 Å². The van der Waals surface area contributed by atoms with Crippen molar-refractivity contribution in [3.63, 3.8) is 0 Å². The van der Waals surface area contributed by atoms with Gasteiger partial charge in [-0.05, 0) is 63.4 Å². The molecule has 1 N–H and O–H groups in total. The van der Waals surface area contributed by atoms with Gasteiger partial charge in [0.25, 0.3) is 0 Å². The quantitative estimate of drug-likeness (QED) is 0.785. The molecule has 0 aliphatic carbocycles. The van der Waals surface area contributed by atoms with Crippen LogP contribution in [0.5, 0.6) is 5.75 Å². The number of aryl methyl sites for hydroxylation is 2. The van der Waals surface area contributed by atoms with Gasteiger partial charge in [0.05, 0.1) is 25.9 Å². The fourth-order valence-electron chi connectivity index (χ4n) is 2.27. The van der Waals surface area contributed by atoms with Crippen molar-refractivity contribution in [3.8, 4) is 5.75 Å². The number of benzene rings is 1. The van der Waals surface area contributed by atoms with Crippen LogP contribution in [0.4, 0.5) is 0 Å². The van der Waals surface area contributed by atoms with Crippen LogP contribution in [0, 0.1) is 13.8 Å². The van der Waals surface area contributed by atoms with E-state index < -0.39 is 0 Å². The molecule has 1 aromatic carbocycles. The monoisotopic (exact) mass is 279 g/mol. The fourth-order valence-corrected chi connectivity index (χ4v) is 2.27. The molecule has 0 radical (unpaired) electrons. The lowest BCUT2D eigenvalue weighted by atomic mass is 9.98. The molecule has 0 saturated carbocycles. The van der Waals surface area contributed by atoms with E-state index in [0.29, 0.717) is 6.61 Å². The second kappa shape index (κ2) is 8.28. The molecule has 3 nitrogen and oxygen atoms in total. The first-order valence-corrected chi connectivity index (χ1v) is 7.49. The average molecular weight is 279 g/mol. The Morgan fingerprint density at radius 2 is 1.85 bits per heavy atom. The number of methoxy groups -OCH3 is 1. The normalized spacial score (nSPS) is 12.8. The van der Waals surface area contributed by atoms with E-state index in [0.717, 1.165) is 18.7 Å². The molecule has 0 aromatic heterocycles. The predicted molar refractivity (Wildman–Crippen MR) is 84.6 cm³/mol. The van der Waals surface area contributed by atoms with Gasteiger partial charge in [0.1, 0.15) is 5.75 Å². The van der Waals surface area contributed by atoms with E-state index in [4.69, 9.17) is 9.47 Å². The fraction of sp³-hybridized carbons (Fsp3) is 0.647. The highest BCUT2D eigenvalue weighted by molar-refractivity contribution is 5.42. The number of nitrogens with one attached hydrogen (secondary N) is 1. The molecule has 0 aliphatic heterocycles. The summed E-state index contributed by atoms with van der Waals surface area (Å²) in [5.41, 5.74) is 3.71. The van der Waals surface area contributed by atoms with Gasteiger partial charge in [-0.2, -0.15) is 0 Å². The zero-order valence-corrected chi connectivity index (χ0v) is 13.7. The molecular formula is C17H29NO2. The van der Waals surface area contributed by atoms with Crippen LogP contribution in [0.1, 0.15) is 49.9 Å². The van der Waals surface area contributed by atoms with Crippen molar-refractivity contribution in [1.82, 2.24) is 5.32 Å². The zero-order valence-electron chi connectivity index (χ0n) is 13.7. The molecule has 0 aliphatic rings. The van der Waals surface area contributed by atoms with Crippen LogP contribution in [-0.4, -0.2) is 26.4 Å². The molecule has 1 aromatic rings. The summed E-state index contributed by atoms with van der Waals surface area (Å²) in [6.45, 7) is 12.2. The Hall–Kier alpha value is -1.06. The van der Waals surface area contributed by atoms with Gasteiger partial charge < -0.3 is 14.8 Å². The molecular weight excluding hydrogens is 250 g/mol.